The van der Waals surface area contributed by atoms with Gasteiger partial charge in [-0.15, -0.1) is 0 Å². The number of nitrogens with two attached hydrogens (primary N) is 1. The molecule has 2 aromatic rings. The molecule has 2 heterocycles. The minimum absolute atomic E-state index is 0.164. The molecule has 6 nitrogen and oxygen atoms in total. The second-order valence-electron chi connectivity index (χ2n) is 5.16. The fraction of sp³-hybridized carbons (Fsp3) is 0.571. The first kappa shape index (κ1) is 14.7. The fourth-order valence-corrected chi connectivity index (χ4v) is 2.36. The summed E-state index contributed by atoms with van der Waals surface area (Å²) in [6, 6.07) is 0.164. The summed E-state index contributed by atoms with van der Waals surface area (Å²) in [5, 5.41) is 4.39. The van der Waals surface area contributed by atoms with Gasteiger partial charge in [0.15, 0.2) is 0 Å². The van der Waals surface area contributed by atoms with Gasteiger partial charge in [-0.05, 0) is 13.5 Å². The van der Waals surface area contributed by atoms with E-state index in [2.05, 4.69) is 35.2 Å². The number of rotatable bonds is 7. The first-order chi connectivity index (χ1) is 9.65. The molecule has 0 aliphatic rings. The summed E-state index contributed by atoms with van der Waals surface area (Å²) in [5.74, 6) is 1.03. The maximum Gasteiger partial charge on any atom is 0.122 e. The lowest BCUT2D eigenvalue weighted by Gasteiger charge is -2.25. The van der Waals surface area contributed by atoms with Crippen molar-refractivity contribution < 1.29 is 0 Å². The van der Waals surface area contributed by atoms with Crippen LogP contribution in [0.1, 0.15) is 30.8 Å². The summed E-state index contributed by atoms with van der Waals surface area (Å²) < 4.78 is 4.01. The van der Waals surface area contributed by atoms with Gasteiger partial charge in [-0.25, -0.2) is 4.98 Å². The second kappa shape index (κ2) is 6.67. The van der Waals surface area contributed by atoms with Crippen molar-refractivity contribution in [2.45, 2.75) is 32.5 Å². The van der Waals surface area contributed by atoms with Gasteiger partial charge in [0.1, 0.15) is 5.82 Å². The molecule has 0 bridgehead atoms. The SMILES string of the molecule is CCCn1cc(C(CN)N(C)Cc2nccn2C)cn1. The highest BCUT2D eigenvalue weighted by molar-refractivity contribution is 5.11. The predicted octanol–water partition coefficient (Wildman–Crippen LogP) is 1.16. The van der Waals surface area contributed by atoms with Crippen LogP contribution in [0.3, 0.4) is 0 Å². The maximum atomic E-state index is 5.95. The van der Waals surface area contributed by atoms with E-state index >= 15 is 0 Å². The van der Waals surface area contributed by atoms with Crippen molar-refractivity contribution in [1.82, 2.24) is 24.2 Å². The zero-order valence-corrected chi connectivity index (χ0v) is 12.5. The Bertz CT molecular complexity index is 529. The third-order valence-corrected chi connectivity index (χ3v) is 3.56. The van der Waals surface area contributed by atoms with Crippen LogP contribution in [-0.4, -0.2) is 37.8 Å². The number of nitrogens with zero attached hydrogens (tertiary/aromatic N) is 5. The van der Waals surface area contributed by atoms with Gasteiger partial charge in [0, 0.05) is 44.3 Å². The van der Waals surface area contributed by atoms with Crippen molar-refractivity contribution >= 4 is 0 Å². The molecule has 2 N–H and O–H groups in total. The topological polar surface area (TPSA) is 64.9 Å². The molecule has 0 aromatic carbocycles. The summed E-state index contributed by atoms with van der Waals surface area (Å²) in [5.41, 5.74) is 7.11. The van der Waals surface area contributed by atoms with Crippen LogP contribution in [0.15, 0.2) is 24.8 Å². The van der Waals surface area contributed by atoms with Crippen LogP contribution < -0.4 is 5.73 Å². The average Bonchev–Trinajstić information content (AvgIpc) is 3.02. The lowest BCUT2D eigenvalue weighted by atomic mass is 10.1. The van der Waals surface area contributed by atoms with Crippen LogP contribution in [0.5, 0.6) is 0 Å². The van der Waals surface area contributed by atoms with Crippen LogP contribution >= 0.6 is 0 Å². The van der Waals surface area contributed by atoms with Crippen LogP contribution in [0.2, 0.25) is 0 Å². The molecule has 0 aliphatic heterocycles. The summed E-state index contributed by atoms with van der Waals surface area (Å²) in [7, 11) is 4.08. The Balaban J connectivity index is 2.08. The van der Waals surface area contributed by atoms with Gasteiger partial charge in [0.25, 0.3) is 0 Å². The Labute approximate surface area is 120 Å². The van der Waals surface area contributed by atoms with E-state index in [9.17, 15) is 0 Å². The van der Waals surface area contributed by atoms with Gasteiger partial charge in [0.2, 0.25) is 0 Å². The lowest BCUT2D eigenvalue weighted by Crippen LogP contribution is -2.30. The van der Waals surface area contributed by atoms with Gasteiger partial charge < -0.3 is 10.3 Å². The Morgan fingerprint density at radius 3 is 2.85 bits per heavy atom. The molecular weight excluding hydrogens is 252 g/mol. The number of likely N-dealkylation sites (N-methyl/N-ethyl adjacent to an activating group) is 1. The summed E-state index contributed by atoms with van der Waals surface area (Å²) in [4.78, 5) is 6.58. The summed E-state index contributed by atoms with van der Waals surface area (Å²) >= 11 is 0. The zero-order valence-electron chi connectivity index (χ0n) is 12.5. The number of hydrogen-bond donors (Lipinski definition) is 1. The molecule has 0 spiro atoms. The Morgan fingerprint density at radius 1 is 1.45 bits per heavy atom. The van der Waals surface area contributed by atoms with E-state index in [1.165, 1.54) is 0 Å². The second-order valence-corrected chi connectivity index (χ2v) is 5.16. The van der Waals surface area contributed by atoms with Crippen molar-refractivity contribution in [1.29, 1.82) is 0 Å². The van der Waals surface area contributed by atoms with Gasteiger partial charge in [-0.3, -0.25) is 9.58 Å². The number of aromatic nitrogens is 4. The van der Waals surface area contributed by atoms with E-state index in [1.807, 2.05) is 34.9 Å². The smallest absolute Gasteiger partial charge is 0.122 e. The standard InChI is InChI=1S/C14H24N6/c1-4-6-20-10-12(9-17-20)13(8-15)19(3)11-14-16-5-7-18(14)2/h5,7,9-10,13H,4,6,8,11,15H2,1-3H3. The van der Waals surface area contributed by atoms with E-state index in [0.29, 0.717) is 6.54 Å². The predicted molar refractivity (Wildman–Crippen MR) is 79.0 cm³/mol. The van der Waals surface area contributed by atoms with E-state index in [0.717, 1.165) is 30.9 Å². The highest BCUT2D eigenvalue weighted by Crippen LogP contribution is 2.19. The number of imidazole rings is 1. The minimum atomic E-state index is 0.164. The van der Waals surface area contributed by atoms with Crippen LogP contribution in [-0.2, 0) is 20.1 Å². The molecule has 2 rings (SSSR count). The number of aryl methyl sites for hydroxylation is 2. The first-order valence-corrected chi connectivity index (χ1v) is 7.04. The highest BCUT2D eigenvalue weighted by Gasteiger charge is 2.18. The van der Waals surface area contributed by atoms with E-state index < -0.39 is 0 Å². The molecule has 1 unspecified atom stereocenters. The minimum Gasteiger partial charge on any atom is -0.337 e. The zero-order chi connectivity index (χ0) is 14.5. The molecule has 6 heteroatoms. The van der Waals surface area contributed by atoms with Crippen LogP contribution in [0.25, 0.3) is 0 Å². The number of hydrogen-bond acceptors (Lipinski definition) is 4. The monoisotopic (exact) mass is 276 g/mol. The van der Waals surface area contributed by atoms with E-state index in [4.69, 9.17) is 5.73 Å². The molecular formula is C14H24N6. The maximum absolute atomic E-state index is 5.95. The van der Waals surface area contributed by atoms with Crippen molar-refractivity contribution in [2.24, 2.45) is 12.8 Å². The Morgan fingerprint density at radius 2 is 2.25 bits per heavy atom. The molecule has 1 atom stereocenters. The molecule has 0 fully saturated rings. The average molecular weight is 276 g/mol. The molecule has 0 saturated heterocycles. The molecule has 110 valence electrons. The first-order valence-electron chi connectivity index (χ1n) is 7.04. The van der Waals surface area contributed by atoms with Crippen molar-refractivity contribution in [2.75, 3.05) is 13.6 Å². The summed E-state index contributed by atoms with van der Waals surface area (Å²) in [6.45, 7) is 4.43. The Kier molecular flexibility index (Phi) is 4.92. The fourth-order valence-electron chi connectivity index (χ4n) is 2.36. The molecule has 2 aromatic heterocycles. The molecule has 0 radical (unpaired) electrons. The highest BCUT2D eigenvalue weighted by atomic mass is 15.3. The third kappa shape index (κ3) is 3.26. The van der Waals surface area contributed by atoms with Gasteiger partial charge >= 0.3 is 0 Å². The van der Waals surface area contributed by atoms with Crippen LogP contribution in [0, 0.1) is 0 Å². The Hall–Kier alpha value is -1.66. The van der Waals surface area contributed by atoms with E-state index in [1.54, 1.807) is 0 Å². The lowest BCUT2D eigenvalue weighted by molar-refractivity contribution is 0.233. The third-order valence-electron chi connectivity index (χ3n) is 3.56. The molecule has 20 heavy (non-hydrogen) atoms. The normalized spacial score (nSPS) is 13.1. The van der Waals surface area contributed by atoms with Crippen molar-refractivity contribution in [3.63, 3.8) is 0 Å². The summed E-state index contributed by atoms with van der Waals surface area (Å²) in [6.07, 6.45) is 8.87. The van der Waals surface area contributed by atoms with Crippen LogP contribution in [0.4, 0.5) is 0 Å². The van der Waals surface area contributed by atoms with Crippen molar-refractivity contribution in [3.8, 4) is 0 Å². The quantitative estimate of drug-likeness (QED) is 0.824. The largest absolute Gasteiger partial charge is 0.337 e. The van der Waals surface area contributed by atoms with Gasteiger partial charge in [-0.2, -0.15) is 5.10 Å². The molecule has 0 saturated carbocycles. The molecule has 0 aliphatic carbocycles. The van der Waals surface area contributed by atoms with Crippen molar-refractivity contribution in [3.05, 3.63) is 36.2 Å². The van der Waals surface area contributed by atoms with Gasteiger partial charge in [0.05, 0.1) is 18.8 Å². The van der Waals surface area contributed by atoms with E-state index in [-0.39, 0.29) is 6.04 Å². The van der Waals surface area contributed by atoms with Gasteiger partial charge in [-0.1, -0.05) is 6.92 Å². The molecule has 0 amide bonds.